The molecular weight excluding hydrogens is 500 g/mol. The van der Waals surface area contributed by atoms with Crippen molar-refractivity contribution in [3.8, 4) is 11.4 Å². The largest absolute Gasteiger partial charge is 0.445 e. The average Bonchev–Trinajstić information content (AvgIpc) is 3.23. The summed E-state index contributed by atoms with van der Waals surface area (Å²) in [6, 6.07) is 23.6. The Kier molecular flexibility index (Phi) is 6.55. The fourth-order valence-corrected chi connectivity index (χ4v) is 5.05. The maximum Gasteiger partial charge on any atom is 0.410 e. The summed E-state index contributed by atoms with van der Waals surface area (Å²) in [6.07, 6.45) is 0.475. The molecule has 5 aromatic rings. The van der Waals surface area contributed by atoms with Gasteiger partial charge in [-0.2, -0.15) is 0 Å². The SMILES string of the molecule is Cc1cccc(-c2nnc3c4ccc(Cl)cc4nc(N4CCCN(C(=O)OCc5ccccc5)CC4)n23)c1. The lowest BCUT2D eigenvalue weighted by Gasteiger charge is -2.24. The molecule has 2 aromatic heterocycles. The first-order valence-corrected chi connectivity index (χ1v) is 13.1. The van der Waals surface area contributed by atoms with Crippen LogP contribution >= 0.6 is 11.6 Å². The molecule has 0 unspecified atom stereocenters. The van der Waals surface area contributed by atoms with Gasteiger partial charge in [0.1, 0.15) is 6.61 Å². The van der Waals surface area contributed by atoms with Crippen molar-refractivity contribution in [3.05, 3.63) is 88.9 Å². The summed E-state index contributed by atoms with van der Waals surface area (Å²) in [5.41, 5.74) is 4.55. The second-order valence-electron chi connectivity index (χ2n) is 9.49. The van der Waals surface area contributed by atoms with Crippen LogP contribution in [0, 0.1) is 6.92 Å². The summed E-state index contributed by atoms with van der Waals surface area (Å²) in [7, 11) is 0. The molecule has 0 saturated carbocycles. The fourth-order valence-electron chi connectivity index (χ4n) is 4.89. The Morgan fingerprint density at radius 3 is 2.66 bits per heavy atom. The monoisotopic (exact) mass is 526 g/mol. The number of halogens is 1. The van der Waals surface area contributed by atoms with Crippen LogP contribution in [0.3, 0.4) is 0 Å². The summed E-state index contributed by atoms with van der Waals surface area (Å²) in [5.74, 6) is 1.46. The number of hydrogen-bond acceptors (Lipinski definition) is 6. The molecule has 1 aliphatic rings. The molecule has 1 fully saturated rings. The fraction of sp³-hybridized carbons (Fsp3) is 0.241. The van der Waals surface area contributed by atoms with E-state index in [2.05, 4.69) is 34.2 Å². The van der Waals surface area contributed by atoms with Crippen molar-refractivity contribution < 1.29 is 9.53 Å². The number of rotatable bonds is 4. The quantitative estimate of drug-likeness (QED) is 0.296. The second kappa shape index (κ2) is 10.3. The lowest BCUT2D eigenvalue weighted by molar-refractivity contribution is 0.0986. The Bertz CT molecular complexity index is 1620. The molecule has 6 rings (SSSR count). The van der Waals surface area contributed by atoms with Crippen LogP contribution in [0.1, 0.15) is 17.5 Å². The summed E-state index contributed by atoms with van der Waals surface area (Å²) in [4.78, 5) is 21.9. The zero-order valence-electron chi connectivity index (χ0n) is 21.0. The highest BCUT2D eigenvalue weighted by atomic mass is 35.5. The van der Waals surface area contributed by atoms with E-state index in [9.17, 15) is 4.79 Å². The van der Waals surface area contributed by atoms with Gasteiger partial charge in [0.2, 0.25) is 5.95 Å². The van der Waals surface area contributed by atoms with E-state index in [1.54, 1.807) is 4.90 Å². The topological polar surface area (TPSA) is 75.9 Å². The predicted octanol–water partition coefficient (Wildman–Crippen LogP) is 5.76. The van der Waals surface area contributed by atoms with Crippen LogP contribution in [0.5, 0.6) is 0 Å². The number of benzene rings is 3. The number of aryl methyl sites for hydroxylation is 1. The molecule has 1 saturated heterocycles. The number of carbonyl (C=O) groups is 1. The van der Waals surface area contributed by atoms with Crippen molar-refractivity contribution >= 4 is 40.2 Å². The van der Waals surface area contributed by atoms with E-state index in [-0.39, 0.29) is 12.7 Å². The van der Waals surface area contributed by atoms with Crippen LogP contribution < -0.4 is 4.90 Å². The molecule has 8 nitrogen and oxygen atoms in total. The summed E-state index contributed by atoms with van der Waals surface area (Å²) < 4.78 is 7.62. The van der Waals surface area contributed by atoms with Crippen LogP contribution in [0.15, 0.2) is 72.8 Å². The van der Waals surface area contributed by atoms with Crippen molar-refractivity contribution in [1.82, 2.24) is 24.5 Å². The lowest BCUT2D eigenvalue weighted by Crippen LogP contribution is -2.36. The Morgan fingerprint density at radius 1 is 0.947 bits per heavy atom. The van der Waals surface area contributed by atoms with Crippen molar-refractivity contribution in [2.24, 2.45) is 0 Å². The van der Waals surface area contributed by atoms with E-state index in [4.69, 9.17) is 21.3 Å². The van der Waals surface area contributed by atoms with Gasteiger partial charge in [0.25, 0.3) is 0 Å². The number of aromatic nitrogens is 4. The molecule has 0 atom stereocenters. The first kappa shape index (κ1) is 24.2. The molecule has 3 heterocycles. The number of amides is 1. The van der Waals surface area contributed by atoms with Gasteiger partial charge in [0.15, 0.2) is 11.5 Å². The Hall–Kier alpha value is -4.17. The van der Waals surface area contributed by atoms with Gasteiger partial charge >= 0.3 is 6.09 Å². The second-order valence-corrected chi connectivity index (χ2v) is 9.93. The molecular formula is C29H27ClN6O2. The highest BCUT2D eigenvalue weighted by Gasteiger charge is 2.25. The summed E-state index contributed by atoms with van der Waals surface area (Å²) >= 11 is 6.33. The standard InChI is InChI=1S/C29H27ClN6O2/c1-20-7-5-10-22(17-20)26-32-33-27-24-12-11-23(30)18-25(24)31-28(36(26)27)34-13-6-14-35(16-15-34)29(37)38-19-21-8-3-2-4-9-21/h2-5,7-12,17-18H,6,13-16,19H2,1H3. The first-order valence-electron chi connectivity index (χ1n) is 12.7. The maximum atomic E-state index is 12.9. The predicted molar refractivity (Wildman–Crippen MR) is 149 cm³/mol. The highest BCUT2D eigenvalue weighted by Crippen LogP contribution is 2.30. The third kappa shape index (κ3) is 4.75. The van der Waals surface area contributed by atoms with Gasteiger partial charge < -0.3 is 14.5 Å². The van der Waals surface area contributed by atoms with Gasteiger partial charge in [-0.25, -0.2) is 14.2 Å². The van der Waals surface area contributed by atoms with E-state index in [0.29, 0.717) is 24.7 Å². The zero-order valence-corrected chi connectivity index (χ0v) is 21.8. The van der Waals surface area contributed by atoms with Gasteiger partial charge in [-0.05, 0) is 43.2 Å². The molecule has 0 spiro atoms. The van der Waals surface area contributed by atoms with E-state index in [1.807, 2.05) is 65.1 Å². The summed E-state index contributed by atoms with van der Waals surface area (Å²) in [6.45, 7) is 4.77. The minimum absolute atomic E-state index is 0.258. The lowest BCUT2D eigenvalue weighted by atomic mass is 10.1. The van der Waals surface area contributed by atoms with Gasteiger partial charge in [0, 0.05) is 42.2 Å². The third-order valence-electron chi connectivity index (χ3n) is 6.80. The van der Waals surface area contributed by atoms with E-state index in [1.165, 1.54) is 0 Å². The molecule has 0 N–H and O–H groups in total. The molecule has 0 radical (unpaired) electrons. The minimum atomic E-state index is -0.302. The third-order valence-corrected chi connectivity index (χ3v) is 7.04. The smallest absolute Gasteiger partial charge is 0.410 e. The van der Waals surface area contributed by atoms with Gasteiger partial charge in [-0.3, -0.25) is 0 Å². The number of carbonyl (C=O) groups excluding carboxylic acids is 1. The molecule has 9 heteroatoms. The first-order chi connectivity index (χ1) is 18.6. The molecule has 0 bridgehead atoms. The molecule has 38 heavy (non-hydrogen) atoms. The average molecular weight is 527 g/mol. The van der Waals surface area contributed by atoms with Crippen molar-refractivity contribution in [1.29, 1.82) is 0 Å². The molecule has 3 aromatic carbocycles. The van der Waals surface area contributed by atoms with Crippen molar-refractivity contribution in [3.63, 3.8) is 0 Å². The van der Waals surface area contributed by atoms with Crippen molar-refractivity contribution in [2.75, 3.05) is 31.1 Å². The van der Waals surface area contributed by atoms with E-state index >= 15 is 0 Å². The van der Waals surface area contributed by atoms with E-state index < -0.39 is 0 Å². The van der Waals surface area contributed by atoms with Gasteiger partial charge in [-0.15, -0.1) is 10.2 Å². The normalized spacial score (nSPS) is 14.2. The molecule has 0 aliphatic carbocycles. The Labute approximate surface area is 225 Å². The molecule has 1 aliphatic heterocycles. The molecule has 1 amide bonds. The highest BCUT2D eigenvalue weighted by molar-refractivity contribution is 6.31. The van der Waals surface area contributed by atoms with Crippen LogP contribution in [0.25, 0.3) is 27.9 Å². The van der Waals surface area contributed by atoms with Gasteiger partial charge in [0.05, 0.1) is 5.52 Å². The van der Waals surface area contributed by atoms with Crippen LogP contribution in [-0.2, 0) is 11.3 Å². The summed E-state index contributed by atoms with van der Waals surface area (Å²) in [5, 5.41) is 10.7. The Balaban J connectivity index is 1.33. The number of ether oxygens (including phenoxy) is 1. The zero-order chi connectivity index (χ0) is 26.1. The number of fused-ring (bicyclic) bond motifs is 3. The van der Waals surface area contributed by atoms with Crippen LogP contribution in [-0.4, -0.2) is 56.8 Å². The number of hydrogen-bond donors (Lipinski definition) is 0. The van der Waals surface area contributed by atoms with Crippen molar-refractivity contribution in [2.45, 2.75) is 20.0 Å². The number of anilines is 1. The van der Waals surface area contributed by atoms with Crippen LogP contribution in [0.2, 0.25) is 5.02 Å². The van der Waals surface area contributed by atoms with E-state index in [0.717, 1.165) is 58.0 Å². The maximum absolute atomic E-state index is 12.9. The number of nitrogens with zero attached hydrogens (tertiary/aromatic N) is 6. The van der Waals surface area contributed by atoms with Gasteiger partial charge in [-0.1, -0.05) is 65.7 Å². The molecule has 192 valence electrons. The van der Waals surface area contributed by atoms with Crippen LogP contribution in [0.4, 0.5) is 10.7 Å². The minimum Gasteiger partial charge on any atom is -0.445 e. The Morgan fingerprint density at radius 2 is 1.82 bits per heavy atom.